The molecule has 0 bridgehead atoms. The summed E-state index contributed by atoms with van der Waals surface area (Å²) in [6.45, 7) is 1.73. The summed E-state index contributed by atoms with van der Waals surface area (Å²) in [6.07, 6.45) is 1.58. The molecule has 1 aromatic heterocycles. The van der Waals surface area contributed by atoms with Gasteiger partial charge in [-0.2, -0.15) is 5.10 Å². The van der Waals surface area contributed by atoms with Crippen LogP contribution in [-0.4, -0.2) is 21.7 Å². The molecule has 7 heteroatoms. The highest BCUT2D eigenvalue weighted by Gasteiger charge is 2.11. The van der Waals surface area contributed by atoms with Crippen LogP contribution in [0.3, 0.4) is 0 Å². The standard InChI is InChI=1S/C11H9BrN4OS/c1-7-10(18-16-14-7)11(17)15-13-6-8-2-4-9(12)5-3-8/h2-6H,1H3,(H,15,17)/b13-6+. The fourth-order valence-corrected chi connectivity index (χ4v) is 2.02. The Hall–Kier alpha value is -1.60. The number of hydrogen-bond donors (Lipinski definition) is 1. The van der Waals surface area contributed by atoms with Gasteiger partial charge in [0.25, 0.3) is 5.91 Å². The maximum absolute atomic E-state index is 11.7. The zero-order chi connectivity index (χ0) is 13.0. The van der Waals surface area contributed by atoms with E-state index in [0.717, 1.165) is 21.6 Å². The fourth-order valence-electron chi connectivity index (χ4n) is 1.20. The van der Waals surface area contributed by atoms with Crippen LogP contribution < -0.4 is 5.43 Å². The van der Waals surface area contributed by atoms with Crippen LogP contribution in [0.25, 0.3) is 0 Å². The smallest absolute Gasteiger partial charge is 0.266 e. The molecule has 0 aliphatic rings. The highest BCUT2D eigenvalue weighted by molar-refractivity contribution is 9.10. The predicted molar refractivity (Wildman–Crippen MR) is 73.8 cm³/mol. The van der Waals surface area contributed by atoms with E-state index in [1.165, 1.54) is 0 Å². The highest BCUT2D eigenvalue weighted by atomic mass is 79.9. The van der Waals surface area contributed by atoms with Crippen molar-refractivity contribution in [3.05, 3.63) is 44.9 Å². The third kappa shape index (κ3) is 3.21. The molecule has 0 aliphatic heterocycles. The van der Waals surface area contributed by atoms with Gasteiger partial charge in [0.05, 0.1) is 11.9 Å². The Kier molecular flexibility index (Phi) is 4.16. The van der Waals surface area contributed by atoms with Gasteiger partial charge in [-0.1, -0.05) is 32.6 Å². The number of hydrogen-bond acceptors (Lipinski definition) is 5. The molecule has 2 rings (SSSR count). The molecule has 0 saturated heterocycles. The SMILES string of the molecule is Cc1nnsc1C(=O)N/N=C/c1ccc(Br)cc1. The van der Waals surface area contributed by atoms with Crippen molar-refractivity contribution in [1.29, 1.82) is 0 Å². The molecule has 1 N–H and O–H groups in total. The van der Waals surface area contributed by atoms with Crippen molar-refractivity contribution in [2.75, 3.05) is 0 Å². The molecule has 0 radical (unpaired) electrons. The van der Waals surface area contributed by atoms with Gasteiger partial charge in [0.1, 0.15) is 4.88 Å². The molecular formula is C11H9BrN4OS. The number of carbonyl (C=O) groups excluding carboxylic acids is 1. The molecule has 1 amide bonds. The zero-order valence-electron chi connectivity index (χ0n) is 9.42. The summed E-state index contributed by atoms with van der Waals surface area (Å²) in [7, 11) is 0. The summed E-state index contributed by atoms with van der Waals surface area (Å²) in [4.78, 5) is 12.1. The molecular weight excluding hydrogens is 316 g/mol. The first-order valence-corrected chi connectivity index (χ1v) is 6.61. The predicted octanol–water partition coefficient (Wildman–Crippen LogP) is 2.37. The van der Waals surface area contributed by atoms with Crippen LogP contribution in [0.1, 0.15) is 20.9 Å². The van der Waals surface area contributed by atoms with Crippen molar-refractivity contribution in [3.8, 4) is 0 Å². The number of nitrogens with one attached hydrogen (secondary N) is 1. The minimum atomic E-state index is -0.295. The Morgan fingerprint density at radius 3 is 2.78 bits per heavy atom. The van der Waals surface area contributed by atoms with E-state index in [4.69, 9.17) is 0 Å². The van der Waals surface area contributed by atoms with Crippen LogP contribution in [0.4, 0.5) is 0 Å². The molecule has 0 fully saturated rings. The topological polar surface area (TPSA) is 67.2 Å². The van der Waals surface area contributed by atoms with Crippen LogP contribution in [0.5, 0.6) is 0 Å². The van der Waals surface area contributed by atoms with Gasteiger partial charge in [-0.3, -0.25) is 4.79 Å². The van der Waals surface area contributed by atoms with E-state index in [0.29, 0.717) is 10.6 Å². The van der Waals surface area contributed by atoms with E-state index >= 15 is 0 Å². The minimum absolute atomic E-state index is 0.295. The van der Waals surface area contributed by atoms with E-state index in [2.05, 4.69) is 36.0 Å². The second-order valence-corrected chi connectivity index (χ2v) is 5.11. The Morgan fingerprint density at radius 1 is 1.44 bits per heavy atom. The maximum atomic E-state index is 11.7. The second-order valence-electron chi connectivity index (χ2n) is 3.44. The Balaban J connectivity index is 1.98. The molecule has 1 aromatic carbocycles. The van der Waals surface area contributed by atoms with Crippen molar-refractivity contribution in [2.24, 2.45) is 5.10 Å². The Bertz CT molecular complexity index is 579. The third-order valence-electron chi connectivity index (χ3n) is 2.11. The molecule has 0 atom stereocenters. The van der Waals surface area contributed by atoms with E-state index in [1.54, 1.807) is 13.1 Å². The quantitative estimate of drug-likeness (QED) is 0.696. The molecule has 0 saturated carbocycles. The van der Waals surface area contributed by atoms with Crippen molar-refractivity contribution in [3.63, 3.8) is 0 Å². The van der Waals surface area contributed by atoms with Crippen molar-refractivity contribution < 1.29 is 4.79 Å². The van der Waals surface area contributed by atoms with Gasteiger partial charge in [-0.15, -0.1) is 5.10 Å². The normalized spacial score (nSPS) is 10.8. The number of benzene rings is 1. The lowest BCUT2D eigenvalue weighted by Crippen LogP contribution is -2.17. The second kappa shape index (κ2) is 5.83. The number of nitrogens with zero attached hydrogens (tertiary/aromatic N) is 3. The van der Waals surface area contributed by atoms with Gasteiger partial charge < -0.3 is 0 Å². The minimum Gasteiger partial charge on any atom is -0.266 e. The summed E-state index contributed by atoms with van der Waals surface area (Å²) >= 11 is 4.40. The van der Waals surface area contributed by atoms with E-state index in [1.807, 2.05) is 24.3 Å². The van der Waals surface area contributed by atoms with Crippen LogP contribution in [0, 0.1) is 6.92 Å². The Morgan fingerprint density at radius 2 is 2.17 bits per heavy atom. The van der Waals surface area contributed by atoms with Gasteiger partial charge in [0.15, 0.2) is 0 Å². The molecule has 92 valence electrons. The molecule has 0 aliphatic carbocycles. The van der Waals surface area contributed by atoms with Crippen molar-refractivity contribution in [2.45, 2.75) is 6.92 Å². The third-order valence-corrected chi connectivity index (χ3v) is 3.46. The van der Waals surface area contributed by atoms with E-state index < -0.39 is 0 Å². The van der Waals surface area contributed by atoms with Crippen LogP contribution in [-0.2, 0) is 0 Å². The van der Waals surface area contributed by atoms with Crippen molar-refractivity contribution in [1.82, 2.24) is 15.0 Å². The summed E-state index contributed by atoms with van der Waals surface area (Å²) in [6, 6.07) is 7.58. The average molecular weight is 325 g/mol. The van der Waals surface area contributed by atoms with Crippen molar-refractivity contribution >= 4 is 39.6 Å². The summed E-state index contributed by atoms with van der Waals surface area (Å²) in [5.74, 6) is -0.295. The molecule has 18 heavy (non-hydrogen) atoms. The largest absolute Gasteiger partial charge is 0.285 e. The number of amides is 1. The first-order valence-electron chi connectivity index (χ1n) is 5.05. The lowest BCUT2D eigenvalue weighted by atomic mass is 10.2. The zero-order valence-corrected chi connectivity index (χ0v) is 11.8. The van der Waals surface area contributed by atoms with Gasteiger partial charge in [0, 0.05) is 4.47 Å². The maximum Gasteiger partial charge on any atom is 0.285 e. The molecule has 0 unspecified atom stereocenters. The monoisotopic (exact) mass is 324 g/mol. The summed E-state index contributed by atoms with van der Waals surface area (Å²) in [5, 5.41) is 7.64. The van der Waals surface area contributed by atoms with E-state index in [-0.39, 0.29) is 5.91 Å². The number of aromatic nitrogens is 2. The highest BCUT2D eigenvalue weighted by Crippen LogP contribution is 2.09. The summed E-state index contributed by atoms with van der Waals surface area (Å²) < 4.78 is 4.69. The molecule has 5 nitrogen and oxygen atoms in total. The first-order chi connectivity index (χ1) is 8.66. The lowest BCUT2D eigenvalue weighted by Gasteiger charge is -1.96. The first kappa shape index (κ1) is 12.8. The van der Waals surface area contributed by atoms with Crippen LogP contribution in [0.2, 0.25) is 0 Å². The lowest BCUT2D eigenvalue weighted by molar-refractivity contribution is 0.0958. The van der Waals surface area contributed by atoms with Gasteiger partial charge in [0.2, 0.25) is 0 Å². The van der Waals surface area contributed by atoms with Crippen LogP contribution in [0.15, 0.2) is 33.8 Å². The van der Waals surface area contributed by atoms with Crippen LogP contribution >= 0.6 is 27.5 Å². The van der Waals surface area contributed by atoms with E-state index in [9.17, 15) is 4.79 Å². The van der Waals surface area contributed by atoms with Gasteiger partial charge in [-0.05, 0) is 36.2 Å². The molecule has 1 heterocycles. The molecule has 2 aromatic rings. The number of hydrazone groups is 1. The number of carbonyl (C=O) groups is 1. The number of halogens is 1. The summed E-state index contributed by atoms with van der Waals surface area (Å²) in [5.41, 5.74) is 3.95. The fraction of sp³-hybridized carbons (Fsp3) is 0.0909. The van der Waals surface area contributed by atoms with Gasteiger partial charge in [-0.25, -0.2) is 5.43 Å². The molecule has 0 spiro atoms. The Labute approximate surface area is 116 Å². The number of aryl methyl sites for hydroxylation is 1. The number of rotatable bonds is 3. The average Bonchev–Trinajstić information content (AvgIpc) is 2.78. The van der Waals surface area contributed by atoms with Gasteiger partial charge >= 0.3 is 0 Å².